The first kappa shape index (κ1) is 17.9. The fourth-order valence-corrected chi connectivity index (χ4v) is 3.03. The van der Waals surface area contributed by atoms with Crippen LogP contribution in [0.1, 0.15) is 0 Å². The number of amides is 1. The maximum absolute atomic E-state index is 11.9. The third kappa shape index (κ3) is 4.80. The van der Waals surface area contributed by atoms with E-state index in [0.717, 1.165) is 3.57 Å². The molecule has 0 aliphatic heterocycles. The lowest BCUT2D eigenvalue weighted by Crippen LogP contribution is -2.20. The summed E-state index contributed by atoms with van der Waals surface area (Å²) in [5.41, 5.74) is 0.510. The van der Waals surface area contributed by atoms with Crippen molar-refractivity contribution < 1.29 is 9.53 Å². The van der Waals surface area contributed by atoms with Gasteiger partial charge >= 0.3 is 0 Å². The fraction of sp³-hybridized carbons (Fsp3) is 0.0714. The third-order valence-corrected chi connectivity index (χ3v) is 4.54. The lowest BCUT2D eigenvalue weighted by atomic mass is 10.3. The molecular formula is C14H8Cl4INO2. The van der Waals surface area contributed by atoms with Crippen molar-refractivity contribution in [3.8, 4) is 5.75 Å². The van der Waals surface area contributed by atoms with E-state index in [2.05, 4.69) is 27.9 Å². The third-order valence-electron chi connectivity index (χ3n) is 2.54. The van der Waals surface area contributed by atoms with Gasteiger partial charge in [0.2, 0.25) is 0 Å². The second-order valence-corrected chi connectivity index (χ2v) is 7.03. The van der Waals surface area contributed by atoms with Crippen LogP contribution in [-0.2, 0) is 4.79 Å². The van der Waals surface area contributed by atoms with Gasteiger partial charge in [-0.3, -0.25) is 4.79 Å². The van der Waals surface area contributed by atoms with Crippen LogP contribution in [0, 0.1) is 3.57 Å². The molecule has 0 atom stereocenters. The van der Waals surface area contributed by atoms with Gasteiger partial charge in [0.05, 0.1) is 25.8 Å². The van der Waals surface area contributed by atoms with E-state index in [1.807, 2.05) is 6.07 Å². The number of carbonyl (C=O) groups excluding carboxylic acids is 1. The highest BCUT2D eigenvalue weighted by Gasteiger charge is 2.11. The molecule has 2 aromatic carbocycles. The highest BCUT2D eigenvalue weighted by molar-refractivity contribution is 14.1. The molecule has 116 valence electrons. The fourth-order valence-electron chi connectivity index (χ4n) is 1.54. The predicted molar refractivity (Wildman–Crippen MR) is 99.8 cm³/mol. The minimum Gasteiger partial charge on any atom is -0.482 e. The number of carbonyl (C=O) groups is 1. The minimum absolute atomic E-state index is 0.236. The van der Waals surface area contributed by atoms with Gasteiger partial charge in [0.1, 0.15) is 5.75 Å². The van der Waals surface area contributed by atoms with E-state index in [9.17, 15) is 4.79 Å². The van der Waals surface area contributed by atoms with Gasteiger partial charge in [-0.15, -0.1) is 0 Å². The molecule has 0 spiro atoms. The Balaban J connectivity index is 2.00. The molecule has 0 aliphatic rings. The van der Waals surface area contributed by atoms with Crippen LogP contribution in [0.2, 0.25) is 20.1 Å². The van der Waals surface area contributed by atoms with Crippen molar-refractivity contribution in [2.75, 3.05) is 11.9 Å². The van der Waals surface area contributed by atoms with Gasteiger partial charge in [-0.25, -0.2) is 0 Å². The van der Waals surface area contributed by atoms with Gasteiger partial charge in [-0.05, 0) is 46.9 Å². The average Bonchev–Trinajstić information content (AvgIpc) is 2.44. The van der Waals surface area contributed by atoms with Crippen molar-refractivity contribution in [3.63, 3.8) is 0 Å². The molecule has 3 nitrogen and oxygen atoms in total. The number of ether oxygens (including phenoxy) is 1. The van der Waals surface area contributed by atoms with Gasteiger partial charge in [0.15, 0.2) is 6.61 Å². The zero-order chi connectivity index (χ0) is 16.3. The lowest BCUT2D eigenvalue weighted by molar-refractivity contribution is -0.118. The number of benzene rings is 2. The monoisotopic (exact) mass is 489 g/mol. The Hall–Kier alpha value is -0.400. The van der Waals surface area contributed by atoms with Crippen molar-refractivity contribution in [2.24, 2.45) is 0 Å². The number of anilines is 1. The van der Waals surface area contributed by atoms with E-state index in [1.54, 1.807) is 12.1 Å². The molecule has 0 bridgehead atoms. The molecule has 22 heavy (non-hydrogen) atoms. The van der Waals surface area contributed by atoms with E-state index in [4.69, 9.17) is 51.1 Å². The van der Waals surface area contributed by atoms with Crippen LogP contribution >= 0.6 is 69.0 Å². The van der Waals surface area contributed by atoms with Crippen molar-refractivity contribution >= 4 is 80.6 Å². The zero-order valence-corrected chi connectivity index (χ0v) is 16.0. The van der Waals surface area contributed by atoms with Crippen LogP contribution in [0.3, 0.4) is 0 Å². The van der Waals surface area contributed by atoms with Crippen molar-refractivity contribution in [1.82, 2.24) is 0 Å². The number of hydrogen-bond acceptors (Lipinski definition) is 2. The standard InChI is InChI=1S/C14H8Cl4INO2/c15-8-4-11(18)13(5-9(8)16)22-6-14(21)20-12-2-1-7(19)3-10(12)17/h1-5H,6H2,(H,20,21). The molecule has 0 radical (unpaired) electrons. The van der Waals surface area contributed by atoms with Gasteiger partial charge in [-0.1, -0.05) is 46.4 Å². The SMILES string of the molecule is O=C(COc1cc(Cl)c(Cl)cc1Cl)Nc1ccc(I)cc1Cl. The Morgan fingerprint density at radius 3 is 2.36 bits per heavy atom. The number of nitrogens with one attached hydrogen (secondary N) is 1. The Bertz CT molecular complexity index is 724. The average molecular weight is 491 g/mol. The molecular weight excluding hydrogens is 483 g/mol. The van der Waals surface area contributed by atoms with Crippen LogP contribution in [0.15, 0.2) is 30.3 Å². The largest absolute Gasteiger partial charge is 0.482 e. The molecule has 0 aliphatic carbocycles. The molecule has 0 heterocycles. The second kappa shape index (κ2) is 7.93. The quantitative estimate of drug-likeness (QED) is 0.426. The summed E-state index contributed by atoms with van der Waals surface area (Å²) in [6, 6.07) is 8.20. The lowest BCUT2D eigenvalue weighted by Gasteiger charge is -2.10. The minimum atomic E-state index is -0.370. The normalized spacial score (nSPS) is 10.4. The Morgan fingerprint density at radius 2 is 1.68 bits per heavy atom. The van der Waals surface area contributed by atoms with Crippen molar-refractivity contribution in [1.29, 1.82) is 0 Å². The molecule has 2 aromatic rings. The van der Waals surface area contributed by atoms with Crippen molar-refractivity contribution in [3.05, 3.63) is 54.0 Å². The molecule has 0 fully saturated rings. The number of hydrogen-bond donors (Lipinski definition) is 1. The Morgan fingerprint density at radius 1 is 1.00 bits per heavy atom. The zero-order valence-electron chi connectivity index (χ0n) is 10.8. The van der Waals surface area contributed by atoms with E-state index in [-0.39, 0.29) is 23.3 Å². The summed E-state index contributed by atoms with van der Waals surface area (Å²) < 4.78 is 6.31. The molecule has 0 saturated carbocycles. The first-order valence-corrected chi connectivity index (χ1v) is 8.48. The summed E-state index contributed by atoms with van der Waals surface area (Å²) in [5, 5.41) is 3.98. The highest BCUT2D eigenvalue weighted by Crippen LogP contribution is 2.33. The Labute approximate surface area is 161 Å². The second-order valence-electron chi connectivity index (χ2n) is 4.16. The van der Waals surface area contributed by atoms with Crippen molar-refractivity contribution in [2.45, 2.75) is 0 Å². The first-order chi connectivity index (χ1) is 10.4. The summed E-state index contributed by atoms with van der Waals surface area (Å²) >= 11 is 25.8. The molecule has 1 N–H and O–H groups in total. The van der Waals surface area contributed by atoms with E-state index < -0.39 is 0 Å². The summed E-state index contributed by atoms with van der Waals surface area (Å²) in [5.74, 6) is -0.0924. The smallest absolute Gasteiger partial charge is 0.262 e. The molecule has 1 amide bonds. The summed E-state index contributed by atoms with van der Waals surface area (Å²) in [6.45, 7) is -0.236. The van der Waals surface area contributed by atoms with Crippen LogP contribution in [0.4, 0.5) is 5.69 Å². The molecule has 2 rings (SSSR count). The van der Waals surface area contributed by atoms with Crippen LogP contribution in [0.5, 0.6) is 5.75 Å². The number of halogens is 5. The van der Waals surface area contributed by atoms with E-state index >= 15 is 0 Å². The maximum Gasteiger partial charge on any atom is 0.262 e. The maximum atomic E-state index is 11.9. The van der Waals surface area contributed by atoms with Crippen LogP contribution in [-0.4, -0.2) is 12.5 Å². The number of rotatable bonds is 4. The van der Waals surface area contributed by atoms with Gasteiger partial charge in [0.25, 0.3) is 5.91 Å². The molecule has 8 heteroatoms. The topological polar surface area (TPSA) is 38.3 Å². The van der Waals surface area contributed by atoms with Gasteiger partial charge in [0, 0.05) is 9.64 Å². The summed E-state index contributed by atoms with van der Waals surface area (Å²) in [7, 11) is 0. The van der Waals surface area contributed by atoms with Gasteiger partial charge in [-0.2, -0.15) is 0 Å². The van der Waals surface area contributed by atoms with Crippen LogP contribution < -0.4 is 10.1 Å². The molecule has 0 aromatic heterocycles. The Kier molecular flexibility index (Phi) is 6.46. The first-order valence-electron chi connectivity index (χ1n) is 5.89. The van der Waals surface area contributed by atoms with Crippen LogP contribution in [0.25, 0.3) is 0 Å². The summed E-state index contributed by atoms with van der Waals surface area (Å²) in [4.78, 5) is 11.9. The summed E-state index contributed by atoms with van der Waals surface area (Å²) in [6.07, 6.45) is 0. The van der Waals surface area contributed by atoms with Gasteiger partial charge < -0.3 is 10.1 Å². The van der Waals surface area contributed by atoms with E-state index in [1.165, 1.54) is 12.1 Å². The molecule has 0 saturated heterocycles. The predicted octanol–water partition coefficient (Wildman–Crippen LogP) is 5.92. The van der Waals surface area contributed by atoms with E-state index in [0.29, 0.717) is 20.8 Å². The molecule has 0 unspecified atom stereocenters. The highest BCUT2D eigenvalue weighted by atomic mass is 127.